The first-order chi connectivity index (χ1) is 6.36. The lowest BCUT2D eigenvalue weighted by Gasteiger charge is -2.00. The summed E-state index contributed by atoms with van der Waals surface area (Å²) in [5.74, 6) is 0. The molecule has 0 radical (unpaired) electrons. The molecule has 0 aromatic carbocycles. The van der Waals surface area contributed by atoms with Crippen LogP contribution < -0.4 is 0 Å². The van der Waals surface area contributed by atoms with E-state index in [1.807, 2.05) is 0 Å². The maximum atomic E-state index is 12.2. The van der Waals surface area contributed by atoms with Gasteiger partial charge in [0.15, 0.2) is 0 Å². The fourth-order valence-corrected chi connectivity index (χ4v) is 0.908. The van der Waals surface area contributed by atoms with Crippen molar-refractivity contribution in [2.75, 3.05) is 0 Å². The minimum Gasteiger partial charge on any atom is -0.265 e. The first-order valence-electron chi connectivity index (χ1n) is 3.65. The number of hydrogen-bond donors (Lipinski definition) is 0. The third kappa shape index (κ3) is 1.83. The Morgan fingerprint density at radius 1 is 1.64 bits per heavy atom. The molecule has 0 N–H and O–H groups in total. The molecule has 0 aliphatic rings. The van der Waals surface area contributed by atoms with Crippen molar-refractivity contribution in [3.05, 3.63) is 22.0 Å². The van der Waals surface area contributed by atoms with Crippen LogP contribution in [0.25, 0.3) is 0 Å². The molecule has 5 nitrogen and oxygen atoms in total. The summed E-state index contributed by atoms with van der Waals surface area (Å²) < 4.78 is 37.4. The highest BCUT2D eigenvalue weighted by molar-refractivity contribution is 5.34. The second-order valence-electron chi connectivity index (χ2n) is 2.47. The lowest BCUT2D eigenvalue weighted by molar-refractivity contribution is -0.388. The van der Waals surface area contributed by atoms with E-state index in [9.17, 15) is 23.3 Å². The van der Waals surface area contributed by atoms with Crippen molar-refractivity contribution in [1.29, 1.82) is 0 Å². The van der Waals surface area contributed by atoms with Gasteiger partial charge in [0, 0.05) is 6.54 Å². The number of halogens is 3. The predicted molar refractivity (Wildman–Crippen MR) is 39.6 cm³/mol. The monoisotopic (exact) mass is 209 g/mol. The molecule has 0 aliphatic heterocycles. The topological polar surface area (TPSA) is 61.0 Å². The van der Waals surface area contributed by atoms with Gasteiger partial charge in [-0.05, 0) is 6.92 Å². The van der Waals surface area contributed by atoms with Crippen LogP contribution >= 0.6 is 0 Å². The average molecular weight is 209 g/mol. The SMILES string of the molecule is CCn1cc([N+](=O)[O-])c(C(F)(F)F)n1. The smallest absolute Gasteiger partial charge is 0.265 e. The van der Waals surface area contributed by atoms with Gasteiger partial charge in [0.2, 0.25) is 5.69 Å². The van der Waals surface area contributed by atoms with Gasteiger partial charge in [0.05, 0.1) is 4.92 Å². The summed E-state index contributed by atoms with van der Waals surface area (Å²) in [5, 5.41) is 13.3. The van der Waals surface area contributed by atoms with Crippen molar-refractivity contribution in [3.8, 4) is 0 Å². The predicted octanol–water partition coefficient (Wildman–Crippen LogP) is 1.83. The van der Waals surface area contributed by atoms with E-state index in [4.69, 9.17) is 0 Å². The van der Waals surface area contributed by atoms with E-state index in [1.54, 1.807) is 0 Å². The lowest BCUT2D eigenvalue weighted by atomic mass is 10.4. The van der Waals surface area contributed by atoms with E-state index in [2.05, 4.69) is 5.10 Å². The van der Waals surface area contributed by atoms with Crippen molar-refractivity contribution < 1.29 is 18.1 Å². The van der Waals surface area contributed by atoms with Gasteiger partial charge in [0.1, 0.15) is 6.20 Å². The molecule has 0 atom stereocenters. The Morgan fingerprint density at radius 3 is 2.50 bits per heavy atom. The van der Waals surface area contributed by atoms with E-state index in [0.717, 1.165) is 10.9 Å². The van der Waals surface area contributed by atoms with E-state index < -0.39 is 22.5 Å². The largest absolute Gasteiger partial charge is 0.442 e. The van der Waals surface area contributed by atoms with E-state index in [0.29, 0.717) is 0 Å². The Morgan fingerprint density at radius 2 is 2.21 bits per heavy atom. The number of nitro groups is 1. The molecule has 0 spiro atoms. The maximum Gasteiger partial charge on any atom is 0.442 e. The molecule has 0 bridgehead atoms. The fraction of sp³-hybridized carbons (Fsp3) is 0.500. The van der Waals surface area contributed by atoms with Crippen LogP contribution in [0.2, 0.25) is 0 Å². The van der Waals surface area contributed by atoms with Crippen molar-refractivity contribution in [3.63, 3.8) is 0 Å². The van der Waals surface area contributed by atoms with Crippen LogP contribution in [0.4, 0.5) is 18.9 Å². The quantitative estimate of drug-likeness (QED) is 0.551. The summed E-state index contributed by atoms with van der Waals surface area (Å²) in [4.78, 5) is 9.15. The molecule has 78 valence electrons. The summed E-state index contributed by atoms with van der Waals surface area (Å²) in [6, 6.07) is 0. The van der Waals surface area contributed by atoms with E-state index in [1.165, 1.54) is 6.92 Å². The third-order valence-corrected chi connectivity index (χ3v) is 1.53. The molecule has 1 aromatic heterocycles. The Balaban J connectivity index is 3.26. The van der Waals surface area contributed by atoms with Crippen LogP contribution in [0.1, 0.15) is 12.6 Å². The molecule has 0 fully saturated rings. The highest BCUT2D eigenvalue weighted by Gasteiger charge is 2.42. The Kier molecular flexibility index (Phi) is 2.45. The van der Waals surface area contributed by atoms with Crippen LogP contribution in [0, 0.1) is 10.1 Å². The van der Waals surface area contributed by atoms with Crippen LogP contribution in [-0.4, -0.2) is 14.7 Å². The van der Waals surface area contributed by atoms with Crippen LogP contribution in [0.3, 0.4) is 0 Å². The summed E-state index contributed by atoms with van der Waals surface area (Å²) >= 11 is 0. The third-order valence-electron chi connectivity index (χ3n) is 1.53. The van der Waals surface area contributed by atoms with Crippen molar-refractivity contribution in [1.82, 2.24) is 9.78 Å². The first kappa shape index (κ1) is 10.5. The van der Waals surface area contributed by atoms with Crippen molar-refractivity contribution in [2.24, 2.45) is 0 Å². The Hall–Kier alpha value is -1.60. The second-order valence-corrected chi connectivity index (χ2v) is 2.47. The molecule has 0 unspecified atom stereocenters. The van der Waals surface area contributed by atoms with E-state index in [-0.39, 0.29) is 6.54 Å². The molecule has 0 amide bonds. The van der Waals surface area contributed by atoms with Crippen molar-refractivity contribution >= 4 is 5.69 Å². The van der Waals surface area contributed by atoms with E-state index >= 15 is 0 Å². The van der Waals surface area contributed by atoms with Gasteiger partial charge < -0.3 is 0 Å². The highest BCUT2D eigenvalue weighted by atomic mass is 19.4. The van der Waals surface area contributed by atoms with Gasteiger partial charge in [0.25, 0.3) is 0 Å². The molecule has 1 heterocycles. The Bertz CT molecular complexity index is 358. The van der Waals surface area contributed by atoms with Crippen LogP contribution in [0.5, 0.6) is 0 Å². The summed E-state index contributed by atoms with van der Waals surface area (Å²) in [6.07, 6.45) is -4.02. The minimum absolute atomic E-state index is 0.150. The zero-order valence-electron chi connectivity index (χ0n) is 7.08. The molecule has 14 heavy (non-hydrogen) atoms. The molecule has 1 aromatic rings. The molecular formula is C6H6F3N3O2. The zero-order valence-corrected chi connectivity index (χ0v) is 7.08. The molecule has 0 saturated heterocycles. The number of alkyl halides is 3. The van der Waals surface area contributed by atoms with Crippen LogP contribution in [0.15, 0.2) is 6.20 Å². The standard InChI is InChI=1S/C6H6F3N3O2/c1-2-11-3-4(12(13)14)5(10-11)6(7,8)9/h3H,2H2,1H3. The molecular weight excluding hydrogens is 203 g/mol. The van der Waals surface area contributed by atoms with Crippen molar-refractivity contribution in [2.45, 2.75) is 19.6 Å². The van der Waals surface area contributed by atoms with Gasteiger partial charge in [-0.15, -0.1) is 0 Å². The van der Waals surface area contributed by atoms with Gasteiger partial charge in [-0.25, -0.2) is 0 Å². The normalized spacial score (nSPS) is 11.7. The molecule has 8 heteroatoms. The lowest BCUT2D eigenvalue weighted by Crippen LogP contribution is -2.09. The first-order valence-corrected chi connectivity index (χ1v) is 3.65. The summed E-state index contributed by atoms with van der Waals surface area (Å²) in [5.41, 5.74) is -2.47. The molecule has 0 saturated carbocycles. The van der Waals surface area contributed by atoms with Gasteiger partial charge in [-0.2, -0.15) is 18.3 Å². The number of aryl methyl sites for hydroxylation is 1. The zero-order chi connectivity index (χ0) is 10.9. The number of aromatic nitrogens is 2. The second kappa shape index (κ2) is 3.28. The highest BCUT2D eigenvalue weighted by Crippen LogP contribution is 2.34. The number of hydrogen-bond acceptors (Lipinski definition) is 3. The molecule has 1 rings (SSSR count). The summed E-state index contributed by atoms with van der Waals surface area (Å²) in [7, 11) is 0. The maximum absolute atomic E-state index is 12.2. The van der Waals surface area contributed by atoms with Gasteiger partial charge in [-0.1, -0.05) is 0 Å². The average Bonchev–Trinajstić information content (AvgIpc) is 2.46. The summed E-state index contributed by atoms with van der Waals surface area (Å²) in [6.45, 7) is 1.69. The van der Waals surface area contributed by atoms with Gasteiger partial charge in [-0.3, -0.25) is 14.8 Å². The number of nitrogens with zero attached hydrogens (tertiary/aromatic N) is 3. The minimum atomic E-state index is -4.79. The van der Waals surface area contributed by atoms with Crippen LogP contribution in [-0.2, 0) is 12.7 Å². The number of rotatable bonds is 2. The molecule has 0 aliphatic carbocycles. The van der Waals surface area contributed by atoms with Gasteiger partial charge >= 0.3 is 11.9 Å². The fourth-order valence-electron chi connectivity index (χ4n) is 0.908. The Labute approximate surface area is 76.3 Å².